The van der Waals surface area contributed by atoms with E-state index in [2.05, 4.69) is 20.8 Å². The van der Waals surface area contributed by atoms with Crippen LogP contribution in [0, 0.1) is 5.82 Å². The van der Waals surface area contributed by atoms with E-state index in [1.807, 2.05) is 20.8 Å². The Bertz CT molecular complexity index is 871. The van der Waals surface area contributed by atoms with Crippen LogP contribution in [0.4, 0.5) is 20.9 Å². The summed E-state index contributed by atoms with van der Waals surface area (Å²) < 4.78 is 24.3. The first-order valence-electron chi connectivity index (χ1n) is 9.35. The van der Waals surface area contributed by atoms with Gasteiger partial charge in [0.25, 0.3) is 0 Å². The summed E-state index contributed by atoms with van der Waals surface area (Å²) in [4.78, 5) is 26.0. The molecule has 10 heteroatoms. The maximum Gasteiger partial charge on any atom is 0.410 e. The van der Waals surface area contributed by atoms with Crippen molar-refractivity contribution in [2.45, 2.75) is 45.3 Å². The number of hydrogen-bond acceptors (Lipinski definition) is 7. The molecule has 0 atom stereocenters. The zero-order valence-electron chi connectivity index (χ0n) is 16.6. The SMILES string of the molecule is CC(C)(C)OC(=O)N1CCC(NC(=O)c2nnc(Nc3ccccc3F)o2)CC1. The van der Waals surface area contributed by atoms with Crippen LogP contribution in [-0.4, -0.2) is 51.8 Å². The lowest BCUT2D eigenvalue weighted by Crippen LogP contribution is -2.47. The van der Waals surface area contributed by atoms with Gasteiger partial charge in [-0.15, -0.1) is 5.10 Å². The van der Waals surface area contributed by atoms with Crippen LogP contribution in [0.25, 0.3) is 0 Å². The Kier molecular flexibility index (Phi) is 6.00. The fourth-order valence-corrected chi connectivity index (χ4v) is 2.82. The summed E-state index contributed by atoms with van der Waals surface area (Å²) in [6, 6.07) is 5.80. The van der Waals surface area contributed by atoms with E-state index in [1.54, 1.807) is 17.0 Å². The minimum Gasteiger partial charge on any atom is -0.444 e. The Morgan fingerprint density at radius 2 is 1.90 bits per heavy atom. The van der Waals surface area contributed by atoms with Gasteiger partial charge in [-0.05, 0) is 45.7 Å². The van der Waals surface area contributed by atoms with E-state index < -0.39 is 17.3 Å². The second kappa shape index (κ2) is 8.46. The minimum absolute atomic E-state index is 0.0833. The molecule has 2 amide bonds. The van der Waals surface area contributed by atoms with Gasteiger partial charge < -0.3 is 24.7 Å². The summed E-state index contributed by atoms with van der Waals surface area (Å²) in [5, 5.41) is 12.9. The normalized spacial score (nSPS) is 15.1. The van der Waals surface area contributed by atoms with Gasteiger partial charge in [-0.25, -0.2) is 9.18 Å². The summed E-state index contributed by atoms with van der Waals surface area (Å²) in [5.74, 6) is -1.22. The average Bonchev–Trinajstić information content (AvgIpc) is 3.11. The van der Waals surface area contributed by atoms with Crippen LogP contribution in [0.2, 0.25) is 0 Å². The third-order valence-corrected chi connectivity index (χ3v) is 4.22. The fraction of sp³-hybridized carbons (Fsp3) is 0.474. The van der Waals surface area contributed by atoms with E-state index in [1.165, 1.54) is 12.1 Å². The van der Waals surface area contributed by atoms with Gasteiger partial charge in [-0.2, -0.15) is 0 Å². The number of piperidine rings is 1. The molecular weight excluding hydrogens is 381 g/mol. The van der Waals surface area contributed by atoms with Crippen molar-refractivity contribution in [3.05, 3.63) is 36.0 Å². The Morgan fingerprint density at radius 1 is 1.21 bits per heavy atom. The van der Waals surface area contributed by atoms with Gasteiger partial charge in [-0.3, -0.25) is 4.79 Å². The Morgan fingerprint density at radius 3 is 2.55 bits per heavy atom. The predicted molar refractivity (Wildman–Crippen MR) is 102 cm³/mol. The molecule has 0 saturated carbocycles. The number of likely N-dealkylation sites (tertiary alicyclic amines) is 1. The fourth-order valence-electron chi connectivity index (χ4n) is 2.82. The van der Waals surface area contributed by atoms with Crippen LogP contribution in [0.3, 0.4) is 0 Å². The van der Waals surface area contributed by atoms with Crippen molar-refractivity contribution in [2.75, 3.05) is 18.4 Å². The molecule has 1 saturated heterocycles. The van der Waals surface area contributed by atoms with Crippen molar-refractivity contribution < 1.29 is 23.1 Å². The highest BCUT2D eigenvalue weighted by atomic mass is 19.1. The first kappa shape index (κ1) is 20.6. The number of nitrogens with zero attached hydrogens (tertiary/aromatic N) is 3. The van der Waals surface area contributed by atoms with Gasteiger partial charge in [0.1, 0.15) is 11.4 Å². The Balaban J connectivity index is 1.50. The number of hydrogen-bond donors (Lipinski definition) is 2. The number of nitrogens with one attached hydrogen (secondary N) is 2. The lowest BCUT2D eigenvalue weighted by molar-refractivity contribution is 0.0199. The molecule has 0 aliphatic carbocycles. The zero-order chi connectivity index (χ0) is 21.0. The van der Waals surface area contributed by atoms with E-state index in [0.29, 0.717) is 25.9 Å². The van der Waals surface area contributed by atoms with Crippen molar-refractivity contribution in [3.8, 4) is 0 Å². The number of aromatic nitrogens is 2. The van der Waals surface area contributed by atoms with Crippen molar-refractivity contribution in [1.29, 1.82) is 0 Å². The zero-order valence-corrected chi connectivity index (χ0v) is 16.6. The topological polar surface area (TPSA) is 110 Å². The quantitative estimate of drug-likeness (QED) is 0.804. The van der Waals surface area contributed by atoms with Crippen LogP contribution in [-0.2, 0) is 4.74 Å². The molecule has 1 fully saturated rings. The highest BCUT2D eigenvalue weighted by Gasteiger charge is 2.28. The number of amides is 2. The van der Waals surface area contributed by atoms with Gasteiger partial charge in [0, 0.05) is 19.1 Å². The van der Waals surface area contributed by atoms with Crippen molar-refractivity contribution in [2.24, 2.45) is 0 Å². The molecule has 0 bridgehead atoms. The number of ether oxygens (including phenoxy) is 1. The summed E-state index contributed by atoms with van der Waals surface area (Å²) in [6.45, 7) is 6.40. The third-order valence-electron chi connectivity index (χ3n) is 4.22. The molecule has 1 aromatic heterocycles. The van der Waals surface area contributed by atoms with Crippen LogP contribution in [0.15, 0.2) is 28.7 Å². The van der Waals surface area contributed by atoms with Gasteiger partial charge in [0.15, 0.2) is 0 Å². The Labute approximate surface area is 167 Å². The summed E-state index contributed by atoms with van der Waals surface area (Å²) in [6.07, 6.45) is 0.807. The molecule has 156 valence electrons. The van der Waals surface area contributed by atoms with Gasteiger partial charge in [0.05, 0.1) is 5.69 Å². The molecule has 0 radical (unpaired) electrons. The highest BCUT2D eigenvalue weighted by Crippen LogP contribution is 2.19. The lowest BCUT2D eigenvalue weighted by Gasteiger charge is -2.33. The summed E-state index contributed by atoms with van der Waals surface area (Å²) >= 11 is 0. The third kappa shape index (κ3) is 5.66. The molecule has 2 heterocycles. The number of benzene rings is 1. The van der Waals surface area contributed by atoms with Crippen molar-refractivity contribution in [1.82, 2.24) is 20.4 Å². The van der Waals surface area contributed by atoms with Gasteiger partial charge in [0.2, 0.25) is 0 Å². The molecule has 3 rings (SSSR count). The number of halogens is 1. The molecule has 0 unspecified atom stereocenters. The standard InChI is InChI=1S/C19H24FN5O4/c1-19(2,3)29-18(27)25-10-8-12(9-11-25)21-15(26)16-23-24-17(28-16)22-14-7-5-4-6-13(14)20/h4-7,12H,8-11H2,1-3H3,(H,21,26)(H,22,24). The van der Waals surface area contributed by atoms with Crippen LogP contribution in [0.5, 0.6) is 0 Å². The monoisotopic (exact) mass is 405 g/mol. The predicted octanol–water partition coefficient (Wildman–Crippen LogP) is 3.08. The van der Waals surface area contributed by atoms with E-state index in [4.69, 9.17) is 9.15 Å². The summed E-state index contributed by atoms with van der Waals surface area (Å²) in [5.41, 5.74) is -0.383. The minimum atomic E-state index is -0.547. The average molecular weight is 405 g/mol. The van der Waals surface area contributed by atoms with Crippen molar-refractivity contribution in [3.63, 3.8) is 0 Å². The maximum atomic E-state index is 13.7. The second-order valence-corrected chi connectivity index (χ2v) is 7.73. The number of rotatable bonds is 4. The van der Waals surface area contributed by atoms with Gasteiger partial charge >= 0.3 is 23.9 Å². The van der Waals surface area contributed by atoms with Crippen LogP contribution < -0.4 is 10.6 Å². The molecule has 1 aromatic carbocycles. The largest absolute Gasteiger partial charge is 0.444 e. The molecule has 9 nitrogen and oxygen atoms in total. The number of anilines is 2. The molecule has 2 N–H and O–H groups in total. The number of para-hydroxylation sites is 1. The molecule has 0 spiro atoms. The molecule has 1 aliphatic rings. The molecule has 29 heavy (non-hydrogen) atoms. The first-order valence-corrected chi connectivity index (χ1v) is 9.35. The Hall–Kier alpha value is -3.17. The molecule has 1 aliphatic heterocycles. The smallest absolute Gasteiger partial charge is 0.410 e. The first-order chi connectivity index (χ1) is 13.7. The lowest BCUT2D eigenvalue weighted by atomic mass is 10.1. The second-order valence-electron chi connectivity index (χ2n) is 7.73. The molecular formula is C19H24FN5O4. The number of carbonyl (C=O) groups excluding carboxylic acids is 2. The van der Waals surface area contributed by atoms with E-state index in [9.17, 15) is 14.0 Å². The summed E-state index contributed by atoms with van der Waals surface area (Å²) in [7, 11) is 0. The van der Waals surface area contributed by atoms with Gasteiger partial charge in [-0.1, -0.05) is 17.2 Å². The van der Waals surface area contributed by atoms with E-state index >= 15 is 0 Å². The van der Waals surface area contributed by atoms with E-state index in [-0.39, 0.29) is 29.7 Å². The van der Waals surface area contributed by atoms with Crippen LogP contribution >= 0.6 is 0 Å². The van der Waals surface area contributed by atoms with E-state index in [0.717, 1.165) is 0 Å². The van der Waals surface area contributed by atoms with Crippen molar-refractivity contribution >= 4 is 23.7 Å². The van der Waals surface area contributed by atoms with Crippen LogP contribution in [0.1, 0.15) is 44.3 Å². The highest BCUT2D eigenvalue weighted by molar-refractivity contribution is 5.89. The maximum absolute atomic E-state index is 13.7. The number of carbonyl (C=O) groups is 2. The molecule has 2 aromatic rings.